The molecule has 0 saturated carbocycles. The predicted octanol–water partition coefficient (Wildman–Crippen LogP) is 3.70. The summed E-state index contributed by atoms with van der Waals surface area (Å²) in [4.78, 5) is 12.6. The number of ketones is 1. The summed E-state index contributed by atoms with van der Waals surface area (Å²) in [5.74, 6) is 0.394. The summed E-state index contributed by atoms with van der Waals surface area (Å²) in [6, 6.07) is 0. The predicted molar refractivity (Wildman–Crippen MR) is 76.0 cm³/mol. The highest BCUT2D eigenvalue weighted by molar-refractivity contribution is 6.98. The molecule has 0 aliphatic rings. The molecule has 0 aromatic carbocycles. The minimum Gasteiger partial charge on any atom is -0.420 e. The average Bonchev–Trinajstić information content (AvgIpc) is 1.99. The fourth-order valence-corrected chi connectivity index (χ4v) is 13.5. The van der Waals surface area contributed by atoms with Crippen LogP contribution in [0.1, 0.15) is 20.8 Å². The van der Waals surface area contributed by atoms with Gasteiger partial charge in [0.1, 0.15) is 5.78 Å². The van der Waals surface area contributed by atoms with E-state index in [-0.39, 0.29) is 10.6 Å². The van der Waals surface area contributed by atoms with Crippen molar-refractivity contribution >= 4 is 22.2 Å². The Kier molecular flexibility index (Phi) is 4.76. The number of carbonyl (C=O) groups is 1. The van der Waals surface area contributed by atoms with Crippen molar-refractivity contribution in [1.29, 1.82) is 0 Å². The third-order valence-corrected chi connectivity index (χ3v) is 12.5. The van der Waals surface area contributed by atoms with Gasteiger partial charge in [0.25, 0.3) is 0 Å². The number of rotatable bonds is 4. The standard InChI is InChI=1S/C12H28O2Si2/c1-12(2,3)10(13)11(15(5,6)7)16(8,9)14-4/h11H,1-9H3. The molecule has 96 valence electrons. The van der Waals surface area contributed by atoms with Crippen molar-refractivity contribution in [1.82, 2.24) is 0 Å². The number of hydrogen-bond donors (Lipinski definition) is 0. The Bertz CT molecular complexity index is 259. The molecule has 0 fully saturated rings. The molecule has 1 atom stereocenters. The van der Waals surface area contributed by atoms with Crippen LogP contribution in [0.5, 0.6) is 0 Å². The molecule has 0 heterocycles. The van der Waals surface area contributed by atoms with Crippen LogP contribution in [0.4, 0.5) is 0 Å². The molecule has 0 rings (SSSR count). The van der Waals surface area contributed by atoms with Crippen molar-refractivity contribution in [3.05, 3.63) is 0 Å². The summed E-state index contributed by atoms with van der Waals surface area (Å²) in [6.45, 7) is 17.2. The van der Waals surface area contributed by atoms with E-state index in [1.54, 1.807) is 7.11 Å². The van der Waals surface area contributed by atoms with E-state index in [0.717, 1.165) is 0 Å². The van der Waals surface area contributed by atoms with Crippen molar-refractivity contribution in [2.75, 3.05) is 7.11 Å². The Morgan fingerprint density at radius 1 is 1.06 bits per heavy atom. The Labute approximate surface area is 103 Å². The third-order valence-electron chi connectivity index (χ3n) is 3.09. The Balaban J connectivity index is 5.38. The van der Waals surface area contributed by atoms with Crippen molar-refractivity contribution in [2.24, 2.45) is 5.41 Å². The maximum atomic E-state index is 12.6. The largest absolute Gasteiger partial charge is 0.420 e. The Hall–Kier alpha value is 0.0638. The lowest BCUT2D eigenvalue weighted by molar-refractivity contribution is -0.125. The normalized spacial score (nSPS) is 16.1. The molecule has 0 saturated heterocycles. The highest BCUT2D eigenvalue weighted by Crippen LogP contribution is 2.38. The van der Waals surface area contributed by atoms with Crippen molar-refractivity contribution in [3.8, 4) is 0 Å². The van der Waals surface area contributed by atoms with E-state index >= 15 is 0 Å². The van der Waals surface area contributed by atoms with E-state index in [1.165, 1.54) is 0 Å². The molecule has 1 unspecified atom stereocenters. The van der Waals surface area contributed by atoms with Gasteiger partial charge in [0, 0.05) is 17.7 Å². The summed E-state index contributed by atoms with van der Waals surface area (Å²) < 4.78 is 5.70. The second-order valence-corrected chi connectivity index (χ2v) is 17.3. The van der Waals surface area contributed by atoms with Crippen LogP contribution in [-0.2, 0) is 9.22 Å². The number of Topliss-reactive ketones (excluding diaryl/α,β-unsaturated/α-hetero) is 1. The van der Waals surface area contributed by atoms with Gasteiger partial charge in [-0.3, -0.25) is 4.79 Å². The third kappa shape index (κ3) is 3.82. The summed E-state index contributed by atoms with van der Waals surface area (Å²) in [5.41, 5.74) is -0.256. The zero-order chi connectivity index (χ0) is 13.4. The molecule has 0 aliphatic heterocycles. The second kappa shape index (κ2) is 4.74. The van der Waals surface area contributed by atoms with Gasteiger partial charge in [0.05, 0.1) is 8.07 Å². The molecular weight excluding hydrogens is 232 g/mol. The van der Waals surface area contributed by atoms with Gasteiger partial charge in [-0.1, -0.05) is 40.4 Å². The molecule has 16 heavy (non-hydrogen) atoms. The molecule has 0 aromatic rings. The molecule has 2 nitrogen and oxygen atoms in total. The van der Waals surface area contributed by atoms with E-state index in [1.807, 2.05) is 20.8 Å². The quantitative estimate of drug-likeness (QED) is 0.721. The van der Waals surface area contributed by atoms with Gasteiger partial charge in [-0.2, -0.15) is 0 Å². The Morgan fingerprint density at radius 2 is 1.44 bits per heavy atom. The SMILES string of the molecule is CO[Si](C)(C)C(C(=O)C(C)(C)C)[Si](C)(C)C. The molecular formula is C12H28O2Si2. The molecule has 0 aromatic heterocycles. The zero-order valence-electron chi connectivity index (χ0n) is 12.4. The topological polar surface area (TPSA) is 26.3 Å². The summed E-state index contributed by atoms with van der Waals surface area (Å²) in [5, 5.41) is 0.171. The van der Waals surface area contributed by atoms with Crippen LogP contribution >= 0.6 is 0 Å². The van der Waals surface area contributed by atoms with Crippen LogP contribution < -0.4 is 0 Å². The molecule has 0 spiro atoms. The van der Waals surface area contributed by atoms with E-state index < -0.39 is 16.4 Å². The Morgan fingerprint density at radius 3 is 1.62 bits per heavy atom. The molecule has 0 bridgehead atoms. The van der Waals surface area contributed by atoms with Gasteiger partial charge in [-0.05, 0) is 13.1 Å². The van der Waals surface area contributed by atoms with Crippen molar-refractivity contribution in [3.63, 3.8) is 0 Å². The van der Waals surface area contributed by atoms with Crippen LogP contribution in [0.3, 0.4) is 0 Å². The molecule has 0 aliphatic carbocycles. The zero-order valence-corrected chi connectivity index (χ0v) is 14.4. The monoisotopic (exact) mass is 260 g/mol. The fourth-order valence-electron chi connectivity index (χ4n) is 2.30. The lowest BCUT2D eigenvalue weighted by Crippen LogP contribution is -2.53. The number of hydrogen-bond acceptors (Lipinski definition) is 2. The smallest absolute Gasteiger partial charge is 0.193 e. The van der Waals surface area contributed by atoms with E-state index in [0.29, 0.717) is 5.78 Å². The van der Waals surface area contributed by atoms with Gasteiger partial charge < -0.3 is 4.43 Å². The lowest BCUT2D eigenvalue weighted by atomic mass is 9.92. The van der Waals surface area contributed by atoms with Crippen molar-refractivity contribution < 1.29 is 9.22 Å². The highest BCUT2D eigenvalue weighted by atomic mass is 28.4. The van der Waals surface area contributed by atoms with Crippen LogP contribution in [0, 0.1) is 5.41 Å². The fraction of sp³-hybridized carbons (Fsp3) is 0.917. The molecule has 4 heteroatoms. The van der Waals surface area contributed by atoms with Crippen LogP contribution in [0.2, 0.25) is 37.9 Å². The first kappa shape index (κ1) is 16.1. The molecule has 0 amide bonds. The summed E-state index contributed by atoms with van der Waals surface area (Å²) in [6.07, 6.45) is 0. The molecule has 0 radical (unpaired) electrons. The van der Waals surface area contributed by atoms with Gasteiger partial charge >= 0.3 is 0 Å². The van der Waals surface area contributed by atoms with E-state index in [9.17, 15) is 4.79 Å². The highest BCUT2D eigenvalue weighted by Gasteiger charge is 2.49. The number of carbonyl (C=O) groups excluding carboxylic acids is 1. The second-order valence-electron chi connectivity index (χ2n) is 7.22. The minimum absolute atomic E-state index is 0.171. The van der Waals surface area contributed by atoms with E-state index in [2.05, 4.69) is 32.7 Å². The van der Waals surface area contributed by atoms with E-state index in [4.69, 9.17) is 4.43 Å². The molecule has 0 N–H and O–H groups in total. The average molecular weight is 261 g/mol. The first-order valence-electron chi connectivity index (χ1n) is 5.93. The summed E-state index contributed by atoms with van der Waals surface area (Å²) >= 11 is 0. The van der Waals surface area contributed by atoms with Gasteiger partial charge in [-0.25, -0.2) is 0 Å². The lowest BCUT2D eigenvalue weighted by Gasteiger charge is -2.40. The first-order chi connectivity index (χ1) is 6.84. The van der Waals surface area contributed by atoms with Crippen LogP contribution in [0.25, 0.3) is 0 Å². The van der Waals surface area contributed by atoms with Gasteiger partial charge in [0.15, 0.2) is 8.32 Å². The van der Waals surface area contributed by atoms with Gasteiger partial charge in [0.2, 0.25) is 0 Å². The first-order valence-corrected chi connectivity index (χ1v) is 12.5. The minimum atomic E-state index is -1.90. The van der Waals surface area contributed by atoms with Crippen LogP contribution in [0.15, 0.2) is 0 Å². The summed E-state index contributed by atoms with van der Waals surface area (Å²) in [7, 11) is -1.67. The maximum absolute atomic E-state index is 12.6. The van der Waals surface area contributed by atoms with Gasteiger partial charge in [-0.15, -0.1) is 0 Å². The maximum Gasteiger partial charge on any atom is 0.193 e. The van der Waals surface area contributed by atoms with Crippen LogP contribution in [-0.4, -0.2) is 29.3 Å². The van der Waals surface area contributed by atoms with Crippen molar-refractivity contribution in [2.45, 2.75) is 58.7 Å².